The number of likely N-dealkylation sites (tertiary alicyclic amines) is 1. The number of rotatable bonds is 3. The molecule has 3 fully saturated rings. The Labute approximate surface area is 181 Å². The highest BCUT2D eigenvalue weighted by molar-refractivity contribution is 6.46. The van der Waals surface area contributed by atoms with Crippen LogP contribution in [0, 0.1) is 0 Å². The average molecular weight is 415 g/mol. The van der Waals surface area contributed by atoms with Gasteiger partial charge in [0.25, 0.3) is 5.91 Å². The molecule has 1 spiro atoms. The molecule has 3 heterocycles. The summed E-state index contributed by atoms with van der Waals surface area (Å²) in [5, 5.41) is 2.91. The Hall–Kier alpha value is -3.15. The van der Waals surface area contributed by atoms with E-state index >= 15 is 0 Å². The summed E-state index contributed by atoms with van der Waals surface area (Å²) in [5.41, 5.74) is 0.641. The molecule has 3 amide bonds. The topological polar surface area (TPSA) is 69.7 Å². The Morgan fingerprint density at radius 3 is 2.39 bits per heavy atom. The average Bonchev–Trinajstić information content (AvgIpc) is 3.31. The highest BCUT2D eigenvalue weighted by atomic mass is 16.2. The molecule has 1 aliphatic carbocycles. The van der Waals surface area contributed by atoms with Gasteiger partial charge < -0.3 is 10.2 Å². The van der Waals surface area contributed by atoms with Crippen molar-refractivity contribution >= 4 is 23.4 Å². The van der Waals surface area contributed by atoms with Gasteiger partial charge in [-0.2, -0.15) is 0 Å². The molecule has 2 atom stereocenters. The Kier molecular flexibility index (Phi) is 3.86. The minimum Gasteiger partial charge on any atom is -0.335 e. The second-order valence-corrected chi connectivity index (χ2v) is 9.29. The van der Waals surface area contributed by atoms with E-state index in [1.165, 1.54) is 11.3 Å². The summed E-state index contributed by atoms with van der Waals surface area (Å²) in [6.45, 7) is 0.506. The van der Waals surface area contributed by atoms with Crippen LogP contribution in [0.1, 0.15) is 43.2 Å². The maximum absolute atomic E-state index is 14.2. The van der Waals surface area contributed by atoms with E-state index in [0.717, 1.165) is 36.8 Å². The third-order valence-corrected chi connectivity index (χ3v) is 7.76. The van der Waals surface area contributed by atoms with Crippen molar-refractivity contribution < 1.29 is 14.4 Å². The molecule has 0 unspecified atom stereocenters. The minimum absolute atomic E-state index is 0.134. The maximum Gasteiger partial charge on any atom is 0.318 e. The Bertz CT molecular complexity index is 1090. The van der Waals surface area contributed by atoms with Crippen molar-refractivity contribution in [2.24, 2.45) is 0 Å². The van der Waals surface area contributed by atoms with Gasteiger partial charge in [-0.05, 0) is 36.5 Å². The van der Waals surface area contributed by atoms with Crippen LogP contribution in [0.5, 0.6) is 0 Å². The third-order valence-electron chi connectivity index (χ3n) is 7.76. The van der Waals surface area contributed by atoms with E-state index in [1.54, 1.807) is 0 Å². The molecule has 0 bridgehead atoms. The summed E-state index contributed by atoms with van der Waals surface area (Å²) in [5.74, 6) is -1.46. The molecule has 2 aromatic rings. The number of nitrogens with one attached hydrogen (secondary N) is 1. The summed E-state index contributed by atoms with van der Waals surface area (Å²) in [7, 11) is 0. The minimum atomic E-state index is -1.38. The van der Waals surface area contributed by atoms with E-state index in [-0.39, 0.29) is 11.9 Å². The SMILES string of the molecule is O=C1N[C@@]23C(=O)N(C4CCCCC4)C[C@@]2(Cc2ccccc2)c2ccccc2N3C1=O. The maximum atomic E-state index is 14.2. The third kappa shape index (κ3) is 2.25. The summed E-state index contributed by atoms with van der Waals surface area (Å²) in [4.78, 5) is 43.3. The first kappa shape index (κ1) is 18.6. The number of carbonyl (C=O) groups excluding carboxylic acids is 3. The number of carbonyl (C=O) groups is 3. The summed E-state index contributed by atoms with van der Waals surface area (Å²) in [6.07, 6.45) is 5.95. The molecule has 2 aromatic carbocycles. The number of fused-ring (bicyclic) bond motifs is 3. The Morgan fingerprint density at radius 1 is 0.903 bits per heavy atom. The van der Waals surface area contributed by atoms with Gasteiger partial charge in [0.2, 0.25) is 5.66 Å². The molecule has 6 heteroatoms. The van der Waals surface area contributed by atoms with E-state index in [4.69, 9.17) is 0 Å². The molecule has 0 aromatic heterocycles. The van der Waals surface area contributed by atoms with Crippen LogP contribution in [0.4, 0.5) is 5.69 Å². The Morgan fingerprint density at radius 2 is 1.61 bits per heavy atom. The van der Waals surface area contributed by atoms with E-state index in [9.17, 15) is 14.4 Å². The first-order valence-corrected chi connectivity index (χ1v) is 11.2. The van der Waals surface area contributed by atoms with Gasteiger partial charge in [-0.3, -0.25) is 19.3 Å². The lowest BCUT2D eigenvalue weighted by atomic mass is 9.70. The van der Waals surface area contributed by atoms with E-state index < -0.39 is 22.9 Å². The highest BCUT2D eigenvalue weighted by Crippen LogP contribution is 2.59. The molecule has 6 nitrogen and oxygen atoms in total. The van der Waals surface area contributed by atoms with Crippen LogP contribution < -0.4 is 10.2 Å². The molecule has 0 radical (unpaired) electrons. The molecule has 3 aliphatic heterocycles. The smallest absolute Gasteiger partial charge is 0.318 e. The molecule has 2 saturated heterocycles. The number of hydrogen-bond acceptors (Lipinski definition) is 3. The van der Waals surface area contributed by atoms with E-state index in [0.29, 0.717) is 18.7 Å². The molecule has 4 aliphatic rings. The lowest BCUT2D eigenvalue weighted by Gasteiger charge is -2.37. The van der Waals surface area contributed by atoms with Gasteiger partial charge >= 0.3 is 11.8 Å². The van der Waals surface area contributed by atoms with Crippen LogP contribution in [0.2, 0.25) is 0 Å². The zero-order valence-corrected chi connectivity index (χ0v) is 17.3. The van der Waals surface area contributed by atoms with E-state index in [2.05, 4.69) is 17.4 Å². The fourth-order valence-corrected chi connectivity index (χ4v) is 6.45. The first-order chi connectivity index (χ1) is 15.1. The van der Waals surface area contributed by atoms with Crippen LogP contribution in [0.3, 0.4) is 0 Å². The normalized spacial score (nSPS) is 29.7. The highest BCUT2D eigenvalue weighted by Gasteiger charge is 2.77. The molecule has 6 rings (SSSR count). The van der Waals surface area contributed by atoms with Crippen molar-refractivity contribution in [2.75, 3.05) is 11.4 Å². The van der Waals surface area contributed by atoms with Crippen LogP contribution in [-0.4, -0.2) is 40.9 Å². The lowest BCUT2D eigenvalue weighted by molar-refractivity contribution is -0.137. The molecule has 31 heavy (non-hydrogen) atoms. The van der Waals surface area contributed by atoms with Crippen LogP contribution >= 0.6 is 0 Å². The lowest BCUT2D eigenvalue weighted by Crippen LogP contribution is -2.65. The van der Waals surface area contributed by atoms with Crippen molar-refractivity contribution in [3.05, 3.63) is 65.7 Å². The fraction of sp³-hybridized carbons (Fsp3) is 0.400. The van der Waals surface area contributed by atoms with Gasteiger partial charge in [-0.1, -0.05) is 67.8 Å². The van der Waals surface area contributed by atoms with Crippen LogP contribution in [0.15, 0.2) is 54.6 Å². The monoisotopic (exact) mass is 415 g/mol. The predicted molar refractivity (Wildman–Crippen MR) is 115 cm³/mol. The van der Waals surface area contributed by atoms with E-state index in [1.807, 2.05) is 47.4 Å². The second-order valence-electron chi connectivity index (χ2n) is 9.29. The van der Waals surface area contributed by atoms with Crippen molar-refractivity contribution in [1.29, 1.82) is 0 Å². The second kappa shape index (κ2) is 6.42. The molecule has 158 valence electrons. The van der Waals surface area contributed by atoms with Gasteiger partial charge in [-0.15, -0.1) is 0 Å². The van der Waals surface area contributed by atoms with Gasteiger partial charge in [0.15, 0.2) is 0 Å². The van der Waals surface area contributed by atoms with Crippen molar-refractivity contribution in [1.82, 2.24) is 10.2 Å². The predicted octanol–water partition coefficient (Wildman–Crippen LogP) is 2.51. The number of para-hydroxylation sites is 1. The first-order valence-electron chi connectivity index (χ1n) is 11.2. The van der Waals surface area contributed by atoms with Crippen molar-refractivity contribution in [3.63, 3.8) is 0 Å². The molecular formula is C25H25N3O3. The number of hydrogen-bond donors (Lipinski definition) is 1. The molecule has 1 N–H and O–H groups in total. The largest absolute Gasteiger partial charge is 0.335 e. The summed E-state index contributed by atoms with van der Waals surface area (Å²) < 4.78 is 0. The summed E-state index contributed by atoms with van der Waals surface area (Å²) >= 11 is 0. The van der Waals surface area contributed by atoms with Gasteiger partial charge in [0.05, 0.1) is 11.1 Å². The zero-order valence-electron chi connectivity index (χ0n) is 17.3. The summed E-state index contributed by atoms with van der Waals surface area (Å²) in [6, 6.07) is 17.9. The number of nitrogens with zero attached hydrogens (tertiary/aromatic N) is 2. The van der Waals surface area contributed by atoms with Gasteiger partial charge in [-0.25, -0.2) is 0 Å². The number of benzene rings is 2. The molecular weight excluding hydrogens is 390 g/mol. The number of amides is 3. The standard InChI is InChI=1S/C25H25N3O3/c29-21-22(30)28-20-14-8-7-13-19(20)24(15-17-9-3-1-4-10-17)16-27(18-11-5-2-6-12-18)23(31)25(24,28)26-21/h1,3-4,7-10,13-14,18H,2,5-6,11-12,15-16H2,(H,26,29)/t24-,25+/m0/s1. The van der Waals surface area contributed by atoms with Gasteiger partial charge in [0, 0.05) is 12.6 Å². The Balaban J connectivity index is 1.57. The van der Waals surface area contributed by atoms with Crippen molar-refractivity contribution in [2.45, 2.75) is 55.6 Å². The van der Waals surface area contributed by atoms with Crippen molar-refractivity contribution in [3.8, 4) is 0 Å². The van der Waals surface area contributed by atoms with Gasteiger partial charge in [0.1, 0.15) is 0 Å². The quantitative estimate of drug-likeness (QED) is 0.784. The molecule has 1 saturated carbocycles. The zero-order chi connectivity index (χ0) is 21.2. The fourth-order valence-electron chi connectivity index (χ4n) is 6.45. The number of anilines is 1. The van der Waals surface area contributed by atoms with Crippen LogP contribution in [-0.2, 0) is 26.2 Å². The van der Waals surface area contributed by atoms with Crippen LogP contribution in [0.25, 0.3) is 0 Å².